The molecule has 0 unspecified atom stereocenters. The highest BCUT2D eigenvalue weighted by Crippen LogP contribution is 2.21. The Hall–Kier alpha value is -1.79. The lowest BCUT2D eigenvalue weighted by Crippen LogP contribution is -2.20. The molecule has 7 heteroatoms. The zero-order chi connectivity index (χ0) is 18.7. The molecule has 1 fully saturated rings. The van der Waals surface area contributed by atoms with Crippen LogP contribution in [0.5, 0.6) is 5.75 Å². The molecule has 1 heterocycles. The molecule has 0 aromatic heterocycles. The summed E-state index contributed by atoms with van der Waals surface area (Å²) >= 11 is 5.99. The first-order valence-electron chi connectivity index (χ1n) is 8.47. The number of hydrogen-bond donors (Lipinski definition) is 2. The van der Waals surface area contributed by atoms with E-state index < -0.39 is 11.9 Å². The molecule has 2 rings (SSSR count). The smallest absolute Gasteiger partial charge is 0.414 e. The summed E-state index contributed by atoms with van der Waals surface area (Å²) in [6.45, 7) is 6.69. The van der Waals surface area contributed by atoms with Gasteiger partial charge in [-0.1, -0.05) is 11.6 Å². The molecule has 1 aromatic rings. The highest BCUT2D eigenvalue weighted by atomic mass is 35.5. The Labute approximate surface area is 153 Å². The van der Waals surface area contributed by atoms with Gasteiger partial charge in [-0.05, 0) is 82.4 Å². The molecule has 6 nitrogen and oxygen atoms in total. The maximum atomic E-state index is 9.10. The fourth-order valence-electron chi connectivity index (χ4n) is 2.52. The van der Waals surface area contributed by atoms with E-state index in [1.807, 2.05) is 25.1 Å². The van der Waals surface area contributed by atoms with E-state index in [-0.39, 0.29) is 0 Å². The maximum Gasteiger partial charge on any atom is 0.414 e. The monoisotopic (exact) mass is 371 g/mol. The van der Waals surface area contributed by atoms with E-state index in [9.17, 15) is 0 Å². The van der Waals surface area contributed by atoms with Crippen molar-refractivity contribution < 1.29 is 24.5 Å². The molecule has 0 aliphatic carbocycles. The van der Waals surface area contributed by atoms with Gasteiger partial charge in [-0.15, -0.1) is 0 Å². The van der Waals surface area contributed by atoms with Gasteiger partial charge in [-0.2, -0.15) is 0 Å². The third kappa shape index (κ3) is 9.31. The molecule has 0 bridgehead atoms. The molecule has 0 amide bonds. The molecule has 1 aliphatic heterocycles. The lowest BCUT2D eigenvalue weighted by Gasteiger charge is -2.14. The van der Waals surface area contributed by atoms with Crippen LogP contribution in [0.15, 0.2) is 18.2 Å². The largest absolute Gasteiger partial charge is 0.494 e. The van der Waals surface area contributed by atoms with E-state index in [4.69, 9.17) is 36.1 Å². The predicted octanol–water partition coefficient (Wildman–Crippen LogP) is 3.45. The highest BCUT2D eigenvalue weighted by Gasteiger charge is 2.09. The van der Waals surface area contributed by atoms with E-state index in [1.165, 1.54) is 45.3 Å². The lowest BCUT2D eigenvalue weighted by molar-refractivity contribution is -0.159. The first kappa shape index (κ1) is 21.3. The van der Waals surface area contributed by atoms with Gasteiger partial charge in [-0.3, -0.25) is 0 Å². The van der Waals surface area contributed by atoms with Crippen LogP contribution in [0.3, 0.4) is 0 Å². The van der Waals surface area contributed by atoms with E-state index >= 15 is 0 Å². The van der Waals surface area contributed by atoms with Crippen LogP contribution < -0.4 is 4.74 Å². The number of nitrogens with zero attached hydrogens (tertiary/aromatic N) is 1. The molecule has 25 heavy (non-hydrogen) atoms. The van der Waals surface area contributed by atoms with E-state index in [2.05, 4.69) is 4.90 Å². The number of benzene rings is 1. The second kappa shape index (κ2) is 11.7. The standard InChI is InChI=1S/C16H24ClNO.C2H2O4/c1-14-13-15(7-8-16(14)17)19-12-6-2-3-9-18-10-4-5-11-18;3-1(4)2(5)6/h7-8,13H,2-6,9-12H2,1H3;(H,3,4)(H,5,6). The number of aliphatic carboxylic acids is 2. The van der Waals surface area contributed by atoms with Gasteiger partial charge in [-0.25, -0.2) is 9.59 Å². The van der Waals surface area contributed by atoms with Crippen LogP contribution in [0.25, 0.3) is 0 Å². The number of carboxylic acids is 2. The second-order valence-electron chi connectivity index (χ2n) is 5.98. The number of ether oxygens (including phenoxy) is 1. The van der Waals surface area contributed by atoms with Gasteiger partial charge in [0, 0.05) is 5.02 Å². The van der Waals surface area contributed by atoms with Crippen LogP contribution in [0.1, 0.15) is 37.7 Å². The minimum Gasteiger partial charge on any atom is -0.494 e. The number of carbonyl (C=O) groups is 2. The quantitative estimate of drug-likeness (QED) is 0.564. The van der Waals surface area contributed by atoms with Crippen LogP contribution >= 0.6 is 11.6 Å². The van der Waals surface area contributed by atoms with Crippen LogP contribution in [-0.4, -0.2) is 53.3 Å². The predicted molar refractivity (Wildman–Crippen MR) is 96.5 cm³/mol. The molecule has 0 atom stereocenters. The highest BCUT2D eigenvalue weighted by molar-refractivity contribution is 6.31. The molecule has 140 valence electrons. The molecule has 1 aliphatic rings. The average molecular weight is 372 g/mol. The zero-order valence-electron chi connectivity index (χ0n) is 14.5. The number of unbranched alkanes of at least 4 members (excludes halogenated alkanes) is 2. The fraction of sp³-hybridized carbons (Fsp3) is 0.556. The maximum absolute atomic E-state index is 9.10. The Morgan fingerprint density at radius 1 is 1.12 bits per heavy atom. The van der Waals surface area contributed by atoms with Gasteiger partial charge in [0.05, 0.1) is 6.61 Å². The summed E-state index contributed by atoms with van der Waals surface area (Å²) in [5, 5.41) is 15.6. The van der Waals surface area contributed by atoms with Crippen molar-refractivity contribution >= 4 is 23.5 Å². The SMILES string of the molecule is Cc1cc(OCCCCCN2CCCC2)ccc1Cl.O=C(O)C(=O)O. The normalized spacial score (nSPS) is 13.8. The molecular formula is C18H26ClNO5. The minimum atomic E-state index is -1.82. The topological polar surface area (TPSA) is 87.1 Å². The minimum absolute atomic E-state index is 0.804. The van der Waals surface area contributed by atoms with Gasteiger partial charge < -0.3 is 19.8 Å². The van der Waals surface area contributed by atoms with Gasteiger partial charge >= 0.3 is 11.9 Å². The van der Waals surface area contributed by atoms with E-state index in [1.54, 1.807) is 0 Å². The van der Waals surface area contributed by atoms with E-state index in [0.29, 0.717) is 0 Å². The van der Waals surface area contributed by atoms with Crippen molar-refractivity contribution in [1.82, 2.24) is 4.90 Å². The van der Waals surface area contributed by atoms with Crippen molar-refractivity contribution in [3.8, 4) is 5.75 Å². The van der Waals surface area contributed by atoms with Gasteiger partial charge in [0.15, 0.2) is 0 Å². The van der Waals surface area contributed by atoms with Gasteiger partial charge in [0.1, 0.15) is 5.75 Å². The first-order chi connectivity index (χ1) is 11.9. The number of likely N-dealkylation sites (tertiary alicyclic amines) is 1. The molecule has 1 saturated heterocycles. The summed E-state index contributed by atoms with van der Waals surface area (Å²) in [7, 11) is 0. The third-order valence-corrected chi connectivity index (χ3v) is 4.32. The Morgan fingerprint density at radius 3 is 2.32 bits per heavy atom. The Morgan fingerprint density at radius 2 is 1.76 bits per heavy atom. The molecule has 1 aromatic carbocycles. The molecule has 0 radical (unpaired) electrons. The molecule has 0 saturated carbocycles. The summed E-state index contributed by atoms with van der Waals surface area (Å²) < 4.78 is 5.74. The zero-order valence-corrected chi connectivity index (χ0v) is 15.3. The molecule has 2 N–H and O–H groups in total. The summed E-state index contributed by atoms with van der Waals surface area (Å²) in [4.78, 5) is 20.8. The number of rotatable bonds is 7. The lowest BCUT2D eigenvalue weighted by atomic mass is 10.2. The van der Waals surface area contributed by atoms with Gasteiger partial charge in [0.25, 0.3) is 0 Å². The van der Waals surface area contributed by atoms with Crippen molar-refractivity contribution in [2.45, 2.75) is 39.0 Å². The number of hydrogen-bond acceptors (Lipinski definition) is 4. The summed E-state index contributed by atoms with van der Waals surface area (Å²) in [5.74, 6) is -2.72. The molecular weight excluding hydrogens is 346 g/mol. The van der Waals surface area contributed by atoms with Crippen molar-refractivity contribution in [1.29, 1.82) is 0 Å². The number of carboxylic acid groups (broad SMARTS) is 2. The number of halogens is 1. The summed E-state index contributed by atoms with van der Waals surface area (Å²) in [6.07, 6.45) is 6.46. The average Bonchev–Trinajstić information content (AvgIpc) is 3.08. The van der Waals surface area contributed by atoms with Gasteiger partial charge in [0.2, 0.25) is 0 Å². The van der Waals surface area contributed by atoms with Crippen LogP contribution in [-0.2, 0) is 9.59 Å². The molecule has 0 spiro atoms. The second-order valence-corrected chi connectivity index (χ2v) is 6.39. The third-order valence-electron chi connectivity index (χ3n) is 3.90. The Balaban J connectivity index is 0.000000450. The van der Waals surface area contributed by atoms with E-state index in [0.717, 1.165) is 29.4 Å². The van der Waals surface area contributed by atoms with Crippen molar-refractivity contribution in [3.05, 3.63) is 28.8 Å². The van der Waals surface area contributed by atoms with Crippen LogP contribution in [0.2, 0.25) is 5.02 Å². The Kier molecular flexibility index (Phi) is 9.96. The van der Waals surface area contributed by atoms with Crippen molar-refractivity contribution in [2.24, 2.45) is 0 Å². The van der Waals surface area contributed by atoms with Crippen molar-refractivity contribution in [3.63, 3.8) is 0 Å². The summed E-state index contributed by atoms with van der Waals surface area (Å²) in [5.41, 5.74) is 1.08. The van der Waals surface area contributed by atoms with Crippen LogP contribution in [0, 0.1) is 6.92 Å². The fourth-order valence-corrected chi connectivity index (χ4v) is 2.64. The Bertz CT molecular complexity index is 546. The van der Waals surface area contributed by atoms with Crippen molar-refractivity contribution in [2.75, 3.05) is 26.2 Å². The number of aryl methyl sites for hydroxylation is 1. The first-order valence-corrected chi connectivity index (χ1v) is 8.85. The summed E-state index contributed by atoms with van der Waals surface area (Å²) in [6, 6.07) is 5.85. The van der Waals surface area contributed by atoms with Crippen LogP contribution in [0.4, 0.5) is 0 Å².